The number of benzene rings is 2. The number of ether oxygens (including phenoxy) is 2. The molecule has 0 unspecified atom stereocenters. The van der Waals surface area contributed by atoms with Gasteiger partial charge in [-0.15, -0.1) is 0 Å². The van der Waals surface area contributed by atoms with Crippen molar-refractivity contribution < 1.29 is 14.3 Å². The van der Waals surface area contributed by atoms with Gasteiger partial charge in [0.15, 0.2) is 11.5 Å². The highest BCUT2D eigenvalue weighted by atomic mass is 35.5. The quantitative estimate of drug-likeness (QED) is 0.806. The van der Waals surface area contributed by atoms with Gasteiger partial charge in [0.05, 0.1) is 6.04 Å². The molecule has 0 aliphatic carbocycles. The molecule has 1 aliphatic rings. The molecular weight excluding hydrogens is 349 g/mol. The monoisotopic (exact) mass is 363 g/mol. The standard InChI is InChI=1S/C18H15Cl2NO3/c1-11(14-5-4-13(19)9-15(14)20)21-18(22)7-3-12-2-6-16-17(8-12)24-10-23-16/h2-9,11H,10H2,1H3,(H,21,22)/b7-3+/t11-/m0/s1. The van der Waals surface area contributed by atoms with E-state index in [1.807, 2.05) is 25.1 Å². The predicted molar refractivity (Wildman–Crippen MR) is 94.6 cm³/mol. The summed E-state index contributed by atoms with van der Waals surface area (Å²) in [6, 6.07) is 10.5. The summed E-state index contributed by atoms with van der Waals surface area (Å²) < 4.78 is 10.6. The first-order chi connectivity index (χ1) is 11.5. The molecule has 0 bridgehead atoms. The summed E-state index contributed by atoms with van der Waals surface area (Å²) in [4.78, 5) is 12.1. The third kappa shape index (κ3) is 3.83. The summed E-state index contributed by atoms with van der Waals surface area (Å²) in [7, 11) is 0. The van der Waals surface area contributed by atoms with Crippen LogP contribution in [0.4, 0.5) is 0 Å². The number of halogens is 2. The summed E-state index contributed by atoms with van der Waals surface area (Å²) in [5, 5.41) is 3.95. The smallest absolute Gasteiger partial charge is 0.244 e. The van der Waals surface area contributed by atoms with Crippen LogP contribution in [0.3, 0.4) is 0 Å². The molecular formula is C18H15Cl2NO3. The molecule has 4 nitrogen and oxygen atoms in total. The minimum Gasteiger partial charge on any atom is -0.454 e. The van der Waals surface area contributed by atoms with Crippen LogP contribution in [-0.4, -0.2) is 12.7 Å². The van der Waals surface area contributed by atoms with E-state index in [9.17, 15) is 4.79 Å². The van der Waals surface area contributed by atoms with Gasteiger partial charge in [0.25, 0.3) is 0 Å². The Kier molecular flexibility index (Phi) is 4.97. The second-order valence-corrected chi connectivity index (χ2v) is 6.19. The maximum atomic E-state index is 12.1. The molecule has 0 fully saturated rings. The molecule has 24 heavy (non-hydrogen) atoms. The van der Waals surface area contributed by atoms with E-state index < -0.39 is 0 Å². The lowest BCUT2D eigenvalue weighted by molar-refractivity contribution is -0.117. The molecule has 1 aliphatic heterocycles. The zero-order valence-corrected chi connectivity index (χ0v) is 14.4. The van der Waals surface area contributed by atoms with Crippen molar-refractivity contribution in [2.75, 3.05) is 6.79 Å². The minimum atomic E-state index is -0.233. The SMILES string of the molecule is C[C@H](NC(=O)/C=C/c1ccc2c(c1)OCO2)c1ccc(Cl)cc1Cl. The Balaban J connectivity index is 1.64. The molecule has 6 heteroatoms. The van der Waals surface area contributed by atoms with E-state index in [0.717, 1.165) is 11.1 Å². The lowest BCUT2D eigenvalue weighted by Crippen LogP contribution is -2.24. The first-order valence-corrected chi connectivity index (χ1v) is 8.12. The molecule has 0 radical (unpaired) electrons. The number of carbonyl (C=O) groups excluding carboxylic acids is 1. The Morgan fingerprint density at radius 2 is 1.96 bits per heavy atom. The maximum Gasteiger partial charge on any atom is 0.244 e. The van der Waals surface area contributed by atoms with Gasteiger partial charge in [-0.1, -0.05) is 35.3 Å². The van der Waals surface area contributed by atoms with Crippen LogP contribution in [0.15, 0.2) is 42.5 Å². The molecule has 2 aromatic carbocycles. The molecule has 0 spiro atoms. The van der Waals surface area contributed by atoms with E-state index in [1.54, 1.807) is 24.3 Å². The summed E-state index contributed by atoms with van der Waals surface area (Å²) in [5.41, 5.74) is 1.66. The van der Waals surface area contributed by atoms with Gasteiger partial charge < -0.3 is 14.8 Å². The summed E-state index contributed by atoms with van der Waals surface area (Å²) in [5.74, 6) is 1.17. The largest absolute Gasteiger partial charge is 0.454 e. The van der Waals surface area contributed by atoms with Crippen LogP contribution in [0.1, 0.15) is 24.1 Å². The van der Waals surface area contributed by atoms with Gasteiger partial charge in [-0.25, -0.2) is 0 Å². The van der Waals surface area contributed by atoms with Gasteiger partial charge in [0.2, 0.25) is 12.7 Å². The third-order valence-corrected chi connectivity index (χ3v) is 4.17. The Morgan fingerprint density at radius 1 is 1.17 bits per heavy atom. The zero-order chi connectivity index (χ0) is 17.1. The first-order valence-electron chi connectivity index (χ1n) is 7.36. The van der Waals surface area contributed by atoms with Crippen LogP contribution in [0.25, 0.3) is 6.08 Å². The molecule has 1 atom stereocenters. The maximum absolute atomic E-state index is 12.1. The van der Waals surface area contributed by atoms with Crippen LogP contribution >= 0.6 is 23.2 Å². The van der Waals surface area contributed by atoms with Gasteiger partial charge in [-0.05, 0) is 48.4 Å². The van der Waals surface area contributed by atoms with Gasteiger partial charge >= 0.3 is 0 Å². The van der Waals surface area contributed by atoms with E-state index in [1.165, 1.54) is 6.08 Å². The van der Waals surface area contributed by atoms with Crippen LogP contribution in [0.5, 0.6) is 11.5 Å². The summed E-state index contributed by atoms with van der Waals surface area (Å²) >= 11 is 12.0. The van der Waals surface area contributed by atoms with Crippen molar-refractivity contribution in [3.05, 3.63) is 63.6 Å². The number of hydrogen-bond acceptors (Lipinski definition) is 3. The second kappa shape index (κ2) is 7.16. The van der Waals surface area contributed by atoms with Crippen molar-refractivity contribution in [2.24, 2.45) is 0 Å². The lowest BCUT2D eigenvalue weighted by Gasteiger charge is -2.14. The fourth-order valence-electron chi connectivity index (χ4n) is 2.38. The van der Waals surface area contributed by atoms with Crippen molar-refractivity contribution in [2.45, 2.75) is 13.0 Å². The number of rotatable bonds is 4. The molecule has 0 aromatic heterocycles. The summed E-state index contributed by atoms with van der Waals surface area (Å²) in [6.07, 6.45) is 3.19. The van der Waals surface area contributed by atoms with Crippen LogP contribution < -0.4 is 14.8 Å². The average Bonchev–Trinajstić information content (AvgIpc) is 3.00. The molecule has 124 valence electrons. The van der Waals surface area contributed by atoms with Crippen molar-refractivity contribution >= 4 is 35.2 Å². The third-order valence-electron chi connectivity index (χ3n) is 3.61. The van der Waals surface area contributed by atoms with Crippen molar-refractivity contribution in [3.63, 3.8) is 0 Å². The lowest BCUT2D eigenvalue weighted by atomic mass is 10.1. The van der Waals surface area contributed by atoms with Crippen LogP contribution in [0.2, 0.25) is 10.0 Å². The van der Waals surface area contributed by atoms with E-state index >= 15 is 0 Å². The highest BCUT2D eigenvalue weighted by Gasteiger charge is 2.13. The number of nitrogens with one attached hydrogen (secondary N) is 1. The molecule has 3 rings (SSSR count). The summed E-state index contributed by atoms with van der Waals surface area (Å²) in [6.45, 7) is 2.09. The van der Waals surface area contributed by atoms with E-state index in [2.05, 4.69) is 5.32 Å². The zero-order valence-electron chi connectivity index (χ0n) is 12.9. The number of amides is 1. The fraction of sp³-hybridized carbons (Fsp3) is 0.167. The van der Waals surface area contributed by atoms with E-state index in [4.69, 9.17) is 32.7 Å². The second-order valence-electron chi connectivity index (χ2n) is 5.34. The molecule has 1 N–H and O–H groups in total. The topological polar surface area (TPSA) is 47.6 Å². The molecule has 1 amide bonds. The Labute approximate surface area is 150 Å². The highest BCUT2D eigenvalue weighted by Crippen LogP contribution is 2.32. The highest BCUT2D eigenvalue weighted by molar-refractivity contribution is 6.35. The minimum absolute atomic E-state index is 0.216. The van der Waals surface area contributed by atoms with Crippen LogP contribution in [0, 0.1) is 0 Å². The molecule has 0 saturated heterocycles. The molecule has 1 heterocycles. The van der Waals surface area contributed by atoms with Crippen molar-refractivity contribution in [1.82, 2.24) is 5.32 Å². The number of carbonyl (C=O) groups is 1. The van der Waals surface area contributed by atoms with Crippen LogP contribution in [-0.2, 0) is 4.79 Å². The van der Waals surface area contributed by atoms with E-state index in [-0.39, 0.29) is 18.7 Å². The average molecular weight is 364 g/mol. The number of hydrogen-bond donors (Lipinski definition) is 1. The van der Waals surface area contributed by atoms with Gasteiger partial charge in [-0.3, -0.25) is 4.79 Å². The van der Waals surface area contributed by atoms with Gasteiger partial charge in [-0.2, -0.15) is 0 Å². The molecule has 0 saturated carbocycles. The van der Waals surface area contributed by atoms with Crippen molar-refractivity contribution in [1.29, 1.82) is 0 Å². The first kappa shape index (κ1) is 16.7. The van der Waals surface area contributed by atoms with Gasteiger partial charge in [0, 0.05) is 16.1 Å². The van der Waals surface area contributed by atoms with Crippen molar-refractivity contribution in [3.8, 4) is 11.5 Å². The normalized spacial score (nSPS) is 14.0. The molecule has 2 aromatic rings. The Morgan fingerprint density at radius 3 is 2.75 bits per heavy atom. The number of fused-ring (bicyclic) bond motifs is 1. The Bertz CT molecular complexity index is 805. The Hall–Kier alpha value is -2.17. The van der Waals surface area contributed by atoms with Gasteiger partial charge in [0.1, 0.15) is 0 Å². The fourth-order valence-corrected chi connectivity index (χ4v) is 2.95. The predicted octanol–water partition coefficient (Wildman–Crippen LogP) is 4.61. The van der Waals surface area contributed by atoms with E-state index in [0.29, 0.717) is 21.5 Å².